The fraction of sp³-hybridized carbons (Fsp3) is 0.615. The summed E-state index contributed by atoms with van der Waals surface area (Å²) in [7, 11) is 0. The van der Waals surface area contributed by atoms with Crippen LogP contribution in [0.4, 0.5) is 0 Å². The van der Waals surface area contributed by atoms with Crippen molar-refractivity contribution in [2.45, 2.75) is 45.9 Å². The molecule has 0 aliphatic heterocycles. The van der Waals surface area contributed by atoms with E-state index in [1.165, 1.54) is 0 Å². The van der Waals surface area contributed by atoms with Gasteiger partial charge in [0.1, 0.15) is 5.75 Å². The van der Waals surface area contributed by atoms with Crippen LogP contribution in [-0.4, -0.2) is 27.3 Å². The van der Waals surface area contributed by atoms with Crippen LogP contribution >= 0.6 is 0 Å². The van der Waals surface area contributed by atoms with Crippen LogP contribution in [-0.2, 0) is 6.54 Å². The highest BCUT2D eigenvalue weighted by molar-refractivity contribution is 5.27. The lowest BCUT2D eigenvalue weighted by atomic mass is 9.64. The lowest BCUT2D eigenvalue weighted by Gasteiger charge is -2.49. The molecule has 2 rings (SSSR count). The molecule has 1 saturated carbocycles. The number of hydrogen-bond donors (Lipinski definition) is 3. The summed E-state index contributed by atoms with van der Waals surface area (Å²) in [6.45, 7) is 6.53. The van der Waals surface area contributed by atoms with Gasteiger partial charge < -0.3 is 15.5 Å². The Morgan fingerprint density at radius 3 is 2.76 bits per heavy atom. The van der Waals surface area contributed by atoms with Crippen LogP contribution in [0.15, 0.2) is 12.1 Å². The molecule has 0 saturated heterocycles. The first-order valence-corrected chi connectivity index (χ1v) is 5.98. The van der Waals surface area contributed by atoms with Gasteiger partial charge in [0.05, 0.1) is 11.8 Å². The molecule has 0 bridgehead atoms. The normalized spacial score (nSPS) is 26.6. The zero-order valence-electron chi connectivity index (χ0n) is 10.6. The highest BCUT2D eigenvalue weighted by Crippen LogP contribution is 2.40. The number of rotatable bonds is 3. The van der Waals surface area contributed by atoms with Crippen molar-refractivity contribution in [2.24, 2.45) is 5.41 Å². The Labute approximate surface area is 102 Å². The highest BCUT2D eigenvalue weighted by Gasteiger charge is 2.46. The van der Waals surface area contributed by atoms with E-state index in [1.807, 2.05) is 20.8 Å². The number of aliphatic hydroxyl groups excluding tert-OH is 1. The predicted octanol–water partition coefficient (Wildman–Crippen LogP) is 1.34. The first-order valence-electron chi connectivity index (χ1n) is 5.98. The maximum Gasteiger partial charge on any atom is 0.138 e. The Balaban J connectivity index is 1.97. The molecule has 1 aromatic heterocycles. The molecule has 4 heteroatoms. The van der Waals surface area contributed by atoms with Crippen LogP contribution in [0, 0.1) is 12.3 Å². The Hall–Kier alpha value is -1.13. The van der Waals surface area contributed by atoms with E-state index >= 15 is 0 Å². The van der Waals surface area contributed by atoms with Crippen molar-refractivity contribution in [2.75, 3.05) is 0 Å². The first-order chi connectivity index (χ1) is 7.91. The van der Waals surface area contributed by atoms with E-state index in [4.69, 9.17) is 0 Å². The SMILES string of the molecule is Cc1ccc(O)c(CNC2CC(O)C2(C)C)n1. The third-order valence-corrected chi connectivity index (χ3v) is 3.82. The summed E-state index contributed by atoms with van der Waals surface area (Å²) in [6, 6.07) is 3.73. The molecule has 4 nitrogen and oxygen atoms in total. The fourth-order valence-corrected chi connectivity index (χ4v) is 2.20. The van der Waals surface area contributed by atoms with Crippen LogP contribution in [0.1, 0.15) is 31.7 Å². The van der Waals surface area contributed by atoms with Crippen molar-refractivity contribution in [1.29, 1.82) is 0 Å². The Bertz CT molecular complexity index is 418. The molecule has 17 heavy (non-hydrogen) atoms. The van der Waals surface area contributed by atoms with Gasteiger partial charge in [-0.15, -0.1) is 0 Å². The first kappa shape index (κ1) is 12.3. The predicted molar refractivity (Wildman–Crippen MR) is 65.7 cm³/mol. The number of nitrogens with one attached hydrogen (secondary N) is 1. The number of nitrogens with zero attached hydrogens (tertiary/aromatic N) is 1. The standard InChI is InChI=1S/C13H20N2O2/c1-8-4-5-10(16)9(15-8)7-14-11-6-12(17)13(11,2)3/h4-5,11-12,14,16-17H,6-7H2,1-3H3. The van der Waals surface area contributed by atoms with Crippen molar-refractivity contribution >= 4 is 0 Å². The molecular formula is C13H20N2O2. The van der Waals surface area contributed by atoms with Crippen LogP contribution in [0.2, 0.25) is 0 Å². The lowest BCUT2D eigenvalue weighted by Crippen LogP contribution is -2.59. The summed E-state index contributed by atoms with van der Waals surface area (Å²) < 4.78 is 0. The molecule has 94 valence electrons. The number of aryl methyl sites for hydroxylation is 1. The molecule has 1 fully saturated rings. The van der Waals surface area contributed by atoms with Crippen molar-refractivity contribution in [1.82, 2.24) is 10.3 Å². The Morgan fingerprint density at radius 1 is 1.47 bits per heavy atom. The number of pyridine rings is 1. The fourth-order valence-electron chi connectivity index (χ4n) is 2.20. The van der Waals surface area contributed by atoms with E-state index in [2.05, 4.69) is 10.3 Å². The van der Waals surface area contributed by atoms with Gasteiger partial charge in [-0.1, -0.05) is 13.8 Å². The molecule has 2 unspecified atom stereocenters. The van der Waals surface area contributed by atoms with E-state index in [0.29, 0.717) is 12.2 Å². The molecule has 1 heterocycles. The van der Waals surface area contributed by atoms with Crippen molar-refractivity contribution in [3.8, 4) is 5.75 Å². The van der Waals surface area contributed by atoms with Crippen LogP contribution < -0.4 is 5.32 Å². The molecule has 0 amide bonds. The van der Waals surface area contributed by atoms with Crippen molar-refractivity contribution < 1.29 is 10.2 Å². The zero-order valence-corrected chi connectivity index (χ0v) is 10.6. The second-order valence-electron chi connectivity index (χ2n) is 5.42. The van der Waals surface area contributed by atoms with Gasteiger partial charge in [-0.3, -0.25) is 4.98 Å². The lowest BCUT2D eigenvalue weighted by molar-refractivity contribution is -0.0731. The largest absolute Gasteiger partial charge is 0.506 e. The van der Waals surface area contributed by atoms with Crippen LogP contribution in [0.5, 0.6) is 5.75 Å². The average Bonchev–Trinajstić information content (AvgIpc) is 2.28. The van der Waals surface area contributed by atoms with E-state index in [0.717, 1.165) is 12.1 Å². The minimum atomic E-state index is -0.237. The second-order valence-corrected chi connectivity index (χ2v) is 5.42. The molecule has 1 aliphatic carbocycles. The van der Waals surface area contributed by atoms with Gasteiger partial charge >= 0.3 is 0 Å². The summed E-state index contributed by atoms with van der Waals surface area (Å²) in [5.74, 6) is 0.223. The third-order valence-electron chi connectivity index (χ3n) is 3.82. The molecule has 0 radical (unpaired) electrons. The third kappa shape index (κ3) is 2.28. The highest BCUT2D eigenvalue weighted by atomic mass is 16.3. The van der Waals surface area contributed by atoms with E-state index < -0.39 is 0 Å². The molecule has 1 aromatic rings. The quantitative estimate of drug-likeness (QED) is 0.741. The second kappa shape index (κ2) is 4.27. The number of hydrogen-bond acceptors (Lipinski definition) is 4. The molecule has 3 N–H and O–H groups in total. The molecular weight excluding hydrogens is 216 g/mol. The van der Waals surface area contributed by atoms with Gasteiger partial charge in [0.15, 0.2) is 0 Å². The van der Waals surface area contributed by atoms with Gasteiger partial charge in [-0.2, -0.15) is 0 Å². The van der Waals surface area contributed by atoms with Crippen LogP contribution in [0.25, 0.3) is 0 Å². The Kier molecular flexibility index (Phi) is 3.10. The zero-order chi connectivity index (χ0) is 12.6. The molecule has 0 aromatic carbocycles. The average molecular weight is 236 g/mol. The maximum atomic E-state index is 9.67. The number of aromatic nitrogens is 1. The topological polar surface area (TPSA) is 65.4 Å². The van der Waals surface area contributed by atoms with E-state index in [1.54, 1.807) is 12.1 Å². The summed E-state index contributed by atoms with van der Waals surface area (Å²) in [5, 5.41) is 22.6. The summed E-state index contributed by atoms with van der Waals surface area (Å²) in [5.41, 5.74) is 1.47. The summed E-state index contributed by atoms with van der Waals surface area (Å²) >= 11 is 0. The number of aliphatic hydroxyl groups is 1. The molecule has 1 aliphatic rings. The van der Waals surface area contributed by atoms with Gasteiger partial charge in [0.25, 0.3) is 0 Å². The van der Waals surface area contributed by atoms with Crippen molar-refractivity contribution in [3.05, 3.63) is 23.5 Å². The van der Waals surface area contributed by atoms with Crippen molar-refractivity contribution in [3.63, 3.8) is 0 Å². The van der Waals surface area contributed by atoms with Gasteiger partial charge in [0, 0.05) is 23.7 Å². The van der Waals surface area contributed by atoms with Gasteiger partial charge in [0.2, 0.25) is 0 Å². The van der Waals surface area contributed by atoms with Gasteiger partial charge in [-0.25, -0.2) is 0 Å². The molecule has 2 atom stereocenters. The van der Waals surface area contributed by atoms with E-state index in [9.17, 15) is 10.2 Å². The van der Waals surface area contributed by atoms with E-state index in [-0.39, 0.29) is 23.3 Å². The monoisotopic (exact) mass is 236 g/mol. The number of aromatic hydroxyl groups is 1. The summed E-state index contributed by atoms with van der Waals surface area (Å²) in [6.07, 6.45) is 0.526. The minimum Gasteiger partial charge on any atom is -0.506 e. The van der Waals surface area contributed by atoms with Crippen LogP contribution in [0.3, 0.4) is 0 Å². The summed E-state index contributed by atoms with van der Waals surface area (Å²) in [4.78, 5) is 4.29. The molecule has 0 spiro atoms. The van der Waals surface area contributed by atoms with Gasteiger partial charge in [-0.05, 0) is 25.5 Å². The smallest absolute Gasteiger partial charge is 0.138 e. The minimum absolute atomic E-state index is 0.0978. The maximum absolute atomic E-state index is 9.67. The Morgan fingerprint density at radius 2 is 2.18 bits per heavy atom.